The van der Waals surface area contributed by atoms with Crippen molar-refractivity contribution in [2.45, 2.75) is 19.4 Å². The van der Waals surface area contributed by atoms with Gasteiger partial charge >= 0.3 is 0 Å². The maximum absolute atomic E-state index is 13.3. The molecule has 0 saturated carbocycles. The molecule has 0 saturated heterocycles. The van der Waals surface area contributed by atoms with Gasteiger partial charge in [-0.15, -0.1) is 0 Å². The first-order valence-corrected chi connectivity index (χ1v) is 7.05. The van der Waals surface area contributed by atoms with E-state index in [1.165, 1.54) is 6.07 Å². The summed E-state index contributed by atoms with van der Waals surface area (Å²) in [5, 5.41) is 2.83. The zero-order valence-electron chi connectivity index (χ0n) is 11.6. The number of rotatable bonds is 4. The molecule has 0 atom stereocenters. The number of halogens is 1. The molecule has 3 rings (SSSR count). The Hall–Kier alpha value is -2.30. The summed E-state index contributed by atoms with van der Waals surface area (Å²) in [6.07, 6.45) is 3.37. The lowest BCUT2D eigenvalue weighted by Crippen LogP contribution is -2.39. The highest BCUT2D eigenvalue weighted by Gasteiger charge is 2.19. The van der Waals surface area contributed by atoms with E-state index in [1.807, 2.05) is 11.0 Å². The Morgan fingerprint density at radius 2 is 2.29 bits per heavy atom. The molecule has 2 heterocycles. The lowest BCUT2D eigenvalue weighted by molar-refractivity contribution is -0.120. The molecule has 2 aromatic rings. The van der Waals surface area contributed by atoms with E-state index in [0.717, 1.165) is 36.4 Å². The normalized spacial score (nSPS) is 13.9. The third-order valence-electron chi connectivity index (χ3n) is 3.63. The minimum Gasteiger partial charge on any atom is -0.467 e. The molecule has 4 nitrogen and oxygen atoms in total. The van der Waals surface area contributed by atoms with Crippen LogP contribution in [0.5, 0.6) is 0 Å². The van der Waals surface area contributed by atoms with Crippen molar-refractivity contribution in [1.29, 1.82) is 0 Å². The molecule has 1 amide bonds. The number of furan rings is 1. The molecule has 0 unspecified atom stereocenters. The van der Waals surface area contributed by atoms with Crippen molar-refractivity contribution in [3.05, 3.63) is 53.7 Å². The second-order valence-electron chi connectivity index (χ2n) is 5.15. The van der Waals surface area contributed by atoms with E-state index in [9.17, 15) is 9.18 Å². The van der Waals surface area contributed by atoms with Crippen LogP contribution in [-0.2, 0) is 17.8 Å². The van der Waals surface area contributed by atoms with Crippen LogP contribution in [0.25, 0.3) is 0 Å². The number of aryl methyl sites for hydroxylation is 1. The Kier molecular flexibility index (Phi) is 3.90. The lowest BCUT2D eigenvalue weighted by Gasteiger charge is -2.30. The number of carbonyl (C=O) groups is 1. The number of nitrogens with zero attached hydrogens (tertiary/aromatic N) is 1. The van der Waals surface area contributed by atoms with Crippen LogP contribution in [0.4, 0.5) is 10.1 Å². The third kappa shape index (κ3) is 3.24. The highest BCUT2D eigenvalue weighted by Crippen LogP contribution is 2.27. The number of carbonyl (C=O) groups excluding carboxylic acids is 1. The van der Waals surface area contributed by atoms with Crippen molar-refractivity contribution < 1.29 is 13.6 Å². The van der Waals surface area contributed by atoms with Gasteiger partial charge in [-0.05, 0) is 48.7 Å². The van der Waals surface area contributed by atoms with Gasteiger partial charge in [0.2, 0.25) is 5.91 Å². The topological polar surface area (TPSA) is 45.5 Å². The molecule has 1 aromatic heterocycles. The summed E-state index contributed by atoms with van der Waals surface area (Å²) in [6.45, 7) is 1.47. The molecule has 1 aliphatic rings. The van der Waals surface area contributed by atoms with Crippen LogP contribution < -0.4 is 10.2 Å². The number of nitrogens with one attached hydrogen (secondary N) is 1. The van der Waals surface area contributed by atoms with Crippen molar-refractivity contribution in [3.8, 4) is 0 Å². The van der Waals surface area contributed by atoms with Crippen LogP contribution in [0.2, 0.25) is 0 Å². The molecule has 21 heavy (non-hydrogen) atoms. The highest BCUT2D eigenvalue weighted by atomic mass is 19.1. The van der Waals surface area contributed by atoms with E-state index in [-0.39, 0.29) is 18.3 Å². The average Bonchev–Trinajstić information content (AvgIpc) is 2.98. The quantitative estimate of drug-likeness (QED) is 0.940. The molecule has 110 valence electrons. The number of fused-ring (bicyclic) bond motifs is 1. The number of amides is 1. The van der Waals surface area contributed by atoms with E-state index in [2.05, 4.69) is 5.32 Å². The molecular formula is C16H17FN2O2. The number of hydrogen-bond donors (Lipinski definition) is 1. The Bertz CT molecular complexity index is 625. The van der Waals surface area contributed by atoms with Crippen LogP contribution in [-0.4, -0.2) is 19.0 Å². The van der Waals surface area contributed by atoms with Crippen molar-refractivity contribution in [1.82, 2.24) is 5.32 Å². The van der Waals surface area contributed by atoms with Gasteiger partial charge in [0.25, 0.3) is 0 Å². The lowest BCUT2D eigenvalue weighted by atomic mass is 10.0. The Labute approximate surface area is 122 Å². The van der Waals surface area contributed by atoms with Crippen LogP contribution in [0.15, 0.2) is 41.0 Å². The van der Waals surface area contributed by atoms with Gasteiger partial charge in [0.05, 0.1) is 19.4 Å². The SMILES string of the molecule is O=C(CN1CCCc2cc(F)ccc21)NCc1ccco1. The van der Waals surface area contributed by atoms with E-state index in [0.29, 0.717) is 6.54 Å². The summed E-state index contributed by atoms with van der Waals surface area (Å²) in [5.74, 6) is 0.436. The first-order valence-electron chi connectivity index (χ1n) is 7.05. The van der Waals surface area contributed by atoms with Gasteiger partial charge in [0.15, 0.2) is 0 Å². The Balaban J connectivity index is 1.62. The van der Waals surface area contributed by atoms with Gasteiger partial charge in [-0.1, -0.05) is 0 Å². The monoisotopic (exact) mass is 288 g/mol. The smallest absolute Gasteiger partial charge is 0.239 e. The largest absolute Gasteiger partial charge is 0.467 e. The van der Waals surface area contributed by atoms with Gasteiger partial charge in [0.1, 0.15) is 11.6 Å². The molecule has 0 bridgehead atoms. The second kappa shape index (κ2) is 5.99. The van der Waals surface area contributed by atoms with Crippen molar-refractivity contribution in [2.24, 2.45) is 0 Å². The Morgan fingerprint density at radius 3 is 3.10 bits per heavy atom. The maximum Gasteiger partial charge on any atom is 0.239 e. The van der Waals surface area contributed by atoms with Gasteiger partial charge in [-0.25, -0.2) is 4.39 Å². The molecule has 1 aliphatic heterocycles. The van der Waals surface area contributed by atoms with Crippen molar-refractivity contribution >= 4 is 11.6 Å². The zero-order valence-corrected chi connectivity index (χ0v) is 11.6. The van der Waals surface area contributed by atoms with Crippen LogP contribution in [0.1, 0.15) is 17.7 Å². The molecule has 0 spiro atoms. The molecular weight excluding hydrogens is 271 g/mol. The van der Waals surface area contributed by atoms with Crippen LogP contribution in [0, 0.1) is 5.82 Å². The van der Waals surface area contributed by atoms with Crippen molar-refractivity contribution in [3.63, 3.8) is 0 Å². The summed E-state index contributed by atoms with van der Waals surface area (Å²) < 4.78 is 18.4. The standard InChI is InChI=1S/C16H17FN2O2/c17-13-5-6-15-12(9-13)3-1-7-19(15)11-16(20)18-10-14-4-2-8-21-14/h2,4-6,8-9H,1,3,7,10-11H2,(H,18,20). The number of anilines is 1. The van der Waals surface area contributed by atoms with E-state index < -0.39 is 0 Å². The molecule has 5 heteroatoms. The van der Waals surface area contributed by atoms with Gasteiger partial charge in [-0.3, -0.25) is 4.79 Å². The van der Waals surface area contributed by atoms with Gasteiger partial charge in [-0.2, -0.15) is 0 Å². The van der Waals surface area contributed by atoms with E-state index in [1.54, 1.807) is 24.5 Å². The van der Waals surface area contributed by atoms with E-state index in [4.69, 9.17) is 4.42 Å². The molecule has 1 N–H and O–H groups in total. The molecule has 1 aromatic carbocycles. The summed E-state index contributed by atoms with van der Waals surface area (Å²) in [4.78, 5) is 14.0. The van der Waals surface area contributed by atoms with Gasteiger partial charge in [0, 0.05) is 12.2 Å². The summed E-state index contributed by atoms with van der Waals surface area (Å²) in [6, 6.07) is 8.36. The fourth-order valence-electron chi connectivity index (χ4n) is 2.64. The predicted molar refractivity (Wildman–Crippen MR) is 77.5 cm³/mol. The number of hydrogen-bond acceptors (Lipinski definition) is 3. The third-order valence-corrected chi connectivity index (χ3v) is 3.63. The maximum atomic E-state index is 13.3. The molecule has 0 fully saturated rings. The first kappa shape index (κ1) is 13.7. The van der Waals surface area contributed by atoms with Gasteiger partial charge < -0.3 is 14.6 Å². The number of benzene rings is 1. The fraction of sp³-hybridized carbons (Fsp3) is 0.312. The molecule has 0 radical (unpaired) electrons. The fourth-order valence-corrected chi connectivity index (χ4v) is 2.64. The minimum absolute atomic E-state index is 0.0661. The highest BCUT2D eigenvalue weighted by molar-refractivity contribution is 5.81. The minimum atomic E-state index is -0.224. The average molecular weight is 288 g/mol. The zero-order chi connectivity index (χ0) is 14.7. The van der Waals surface area contributed by atoms with Crippen LogP contribution in [0.3, 0.4) is 0 Å². The Morgan fingerprint density at radius 1 is 1.38 bits per heavy atom. The first-order chi connectivity index (χ1) is 10.2. The predicted octanol–water partition coefficient (Wildman–Crippen LogP) is 2.49. The van der Waals surface area contributed by atoms with E-state index >= 15 is 0 Å². The summed E-state index contributed by atoms with van der Waals surface area (Å²) >= 11 is 0. The molecule has 0 aliphatic carbocycles. The second-order valence-corrected chi connectivity index (χ2v) is 5.15. The van der Waals surface area contributed by atoms with Crippen LogP contribution >= 0.6 is 0 Å². The summed E-state index contributed by atoms with van der Waals surface area (Å²) in [7, 11) is 0. The summed E-state index contributed by atoms with van der Waals surface area (Å²) in [5.41, 5.74) is 1.93. The van der Waals surface area contributed by atoms with Crippen molar-refractivity contribution in [2.75, 3.05) is 18.0 Å².